The summed E-state index contributed by atoms with van der Waals surface area (Å²) >= 11 is 5.70. The van der Waals surface area contributed by atoms with E-state index in [4.69, 9.17) is 16.7 Å². The van der Waals surface area contributed by atoms with Crippen LogP contribution in [0.3, 0.4) is 0 Å². The molecule has 1 aliphatic heterocycles. The Bertz CT molecular complexity index is 539. The quantitative estimate of drug-likeness (QED) is 0.775. The molecule has 0 aromatic carbocycles. The number of amides is 1. The lowest BCUT2D eigenvalue weighted by Crippen LogP contribution is -2.40. The van der Waals surface area contributed by atoms with Crippen LogP contribution in [0.15, 0.2) is 12.3 Å². The van der Waals surface area contributed by atoms with Crippen molar-refractivity contribution in [3.8, 4) is 0 Å². The van der Waals surface area contributed by atoms with Gasteiger partial charge in [-0.25, -0.2) is 14.2 Å². The van der Waals surface area contributed by atoms with Crippen molar-refractivity contribution in [2.45, 2.75) is 18.6 Å². The number of likely N-dealkylation sites (tertiary alicyclic amines) is 1. The molecule has 0 radical (unpaired) electrons. The molecule has 6 nitrogen and oxygen atoms in total. The molecule has 1 aliphatic rings. The third kappa shape index (κ3) is 2.66. The first-order valence-corrected chi connectivity index (χ1v) is 5.81. The standard InChI is InChI=1S/C11H10ClFN2O4/c12-9-7(1-5(13)3-14-9)10(17)15-4-6(16)2-8(15)11(18)19/h1,3,6,8,16H,2,4H2,(H,18,19)/t6-,8-/m0/s1. The molecule has 2 atom stereocenters. The van der Waals surface area contributed by atoms with Gasteiger partial charge in [0.25, 0.3) is 5.91 Å². The molecule has 0 aliphatic carbocycles. The highest BCUT2D eigenvalue weighted by Crippen LogP contribution is 2.23. The van der Waals surface area contributed by atoms with E-state index in [9.17, 15) is 19.1 Å². The van der Waals surface area contributed by atoms with E-state index in [2.05, 4.69) is 4.98 Å². The largest absolute Gasteiger partial charge is 0.480 e. The summed E-state index contributed by atoms with van der Waals surface area (Å²) in [6, 6.07) is -0.261. The van der Waals surface area contributed by atoms with E-state index in [-0.39, 0.29) is 23.7 Å². The van der Waals surface area contributed by atoms with E-state index in [0.717, 1.165) is 17.2 Å². The second-order valence-corrected chi connectivity index (χ2v) is 4.55. The average molecular weight is 289 g/mol. The van der Waals surface area contributed by atoms with Crippen molar-refractivity contribution < 1.29 is 24.2 Å². The molecule has 2 rings (SSSR count). The summed E-state index contributed by atoms with van der Waals surface area (Å²) in [7, 11) is 0. The molecule has 0 unspecified atom stereocenters. The monoisotopic (exact) mass is 288 g/mol. The molecule has 2 N–H and O–H groups in total. The lowest BCUT2D eigenvalue weighted by Gasteiger charge is -2.21. The highest BCUT2D eigenvalue weighted by atomic mass is 35.5. The first kappa shape index (κ1) is 13.7. The van der Waals surface area contributed by atoms with Crippen LogP contribution in [0.1, 0.15) is 16.8 Å². The topological polar surface area (TPSA) is 90.7 Å². The number of pyridine rings is 1. The number of halogens is 2. The number of aliphatic carboxylic acids is 1. The van der Waals surface area contributed by atoms with E-state index in [0.29, 0.717) is 0 Å². The lowest BCUT2D eigenvalue weighted by molar-refractivity contribution is -0.141. The molecule has 102 valence electrons. The van der Waals surface area contributed by atoms with Crippen molar-refractivity contribution in [2.75, 3.05) is 6.54 Å². The number of β-amino-alcohol motifs (C(OH)–C–C–N with tert-alkyl or cyclic N) is 1. The maximum atomic E-state index is 13.1. The van der Waals surface area contributed by atoms with Crippen LogP contribution in [0.5, 0.6) is 0 Å². The number of aromatic nitrogens is 1. The van der Waals surface area contributed by atoms with Gasteiger partial charge in [0.1, 0.15) is 17.0 Å². The van der Waals surface area contributed by atoms with Gasteiger partial charge < -0.3 is 15.1 Å². The average Bonchev–Trinajstić information content (AvgIpc) is 2.74. The Morgan fingerprint density at radius 3 is 2.84 bits per heavy atom. The Morgan fingerprint density at radius 2 is 2.21 bits per heavy atom. The van der Waals surface area contributed by atoms with Crippen LogP contribution in [0.4, 0.5) is 4.39 Å². The zero-order valence-corrected chi connectivity index (χ0v) is 10.3. The Balaban J connectivity index is 2.33. The van der Waals surface area contributed by atoms with Crippen LogP contribution in [0, 0.1) is 5.82 Å². The number of aliphatic hydroxyl groups is 1. The van der Waals surface area contributed by atoms with E-state index in [1.165, 1.54) is 0 Å². The third-order valence-corrected chi connectivity index (χ3v) is 3.16. The molecule has 19 heavy (non-hydrogen) atoms. The molecule has 1 aromatic heterocycles. The van der Waals surface area contributed by atoms with Gasteiger partial charge in [-0.05, 0) is 6.07 Å². The van der Waals surface area contributed by atoms with Gasteiger partial charge >= 0.3 is 5.97 Å². The highest BCUT2D eigenvalue weighted by Gasteiger charge is 2.39. The second kappa shape index (κ2) is 5.10. The highest BCUT2D eigenvalue weighted by molar-refractivity contribution is 6.32. The summed E-state index contributed by atoms with van der Waals surface area (Å²) in [6.45, 7) is -0.136. The molecule has 8 heteroatoms. The van der Waals surface area contributed by atoms with Crippen molar-refractivity contribution in [2.24, 2.45) is 0 Å². The predicted octanol–water partition coefficient (Wildman–Crippen LogP) is 0.534. The van der Waals surface area contributed by atoms with E-state index in [1.54, 1.807) is 0 Å². The van der Waals surface area contributed by atoms with Crippen LogP contribution >= 0.6 is 11.6 Å². The molecule has 1 saturated heterocycles. The maximum Gasteiger partial charge on any atom is 0.326 e. The lowest BCUT2D eigenvalue weighted by atomic mass is 10.2. The number of carboxylic acids is 1. The zero-order chi connectivity index (χ0) is 14.2. The summed E-state index contributed by atoms with van der Waals surface area (Å²) < 4.78 is 13.1. The first-order chi connectivity index (χ1) is 8.90. The minimum Gasteiger partial charge on any atom is -0.480 e. The molecular weight excluding hydrogens is 279 g/mol. The van der Waals surface area contributed by atoms with Crippen molar-refractivity contribution in [1.82, 2.24) is 9.88 Å². The number of hydrogen-bond donors (Lipinski definition) is 2. The number of carboxylic acid groups (broad SMARTS) is 1. The fourth-order valence-electron chi connectivity index (χ4n) is 2.00. The molecule has 0 saturated carbocycles. The number of rotatable bonds is 2. The normalized spacial score (nSPS) is 22.6. The summed E-state index contributed by atoms with van der Waals surface area (Å²) in [5.41, 5.74) is -0.220. The second-order valence-electron chi connectivity index (χ2n) is 4.19. The summed E-state index contributed by atoms with van der Waals surface area (Å²) in [4.78, 5) is 27.6. The van der Waals surface area contributed by atoms with Crippen molar-refractivity contribution in [3.63, 3.8) is 0 Å². The van der Waals surface area contributed by atoms with Gasteiger partial charge in [-0.2, -0.15) is 0 Å². The zero-order valence-electron chi connectivity index (χ0n) is 9.58. The Labute approximate surface area is 112 Å². The van der Waals surface area contributed by atoms with Crippen molar-refractivity contribution in [1.29, 1.82) is 0 Å². The Kier molecular flexibility index (Phi) is 3.68. The van der Waals surface area contributed by atoms with Gasteiger partial charge in [0.15, 0.2) is 0 Å². The molecule has 0 spiro atoms. The number of aliphatic hydroxyl groups excluding tert-OH is 1. The fourth-order valence-corrected chi connectivity index (χ4v) is 2.18. The number of carbonyl (C=O) groups excluding carboxylic acids is 1. The van der Waals surface area contributed by atoms with E-state index >= 15 is 0 Å². The summed E-state index contributed by atoms with van der Waals surface area (Å²) in [5.74, 6) is -2.74. The van der Waals surface area contributed by atoms with E-state index in [1.807, 2.05) is 0 Å². The molecule has 1 amide bonds. The van der Waals surface area contributed by atoms with Crippen molar-refractivity contribution in [3.05, 3.63) is 28.8 Å². The predicted molar refractivity (Wildman–Crippen MR) is 62.3 cm³/mol. The van der Waals surface area contributed by atoms with Gasteiger partial charge in [-0.3, -0.25) is 4.79 Å². The minimum absolute atomic E-state index is 0.0680. The number of nitrogens with zero attached hydrogens (tertiary/aromatic N) is 2. The molecule has 1 aromatic rings. The van der Waals surface area contributed by atoms with Gasteiger partial charge in [-0.1, -0.05) is 11.6 Å². The molecule has 0 bridgehead atoms. The molecule has 2 heterocycles. The Hall–Kier alpha value is -1.73. The summed E-state index contributed by atoms with van der Waals surface area (Å²) in [5, 5.41) is 18.2. The smallest absolute Gasteiger partial charge is 0.326 e. The number of hydrogen-bond acceptors (Lipinski definition) is 4. The fraction of sp³-hybridized carbons (Fsp3) is 0.364. The van der Waals surface area contributed by atoms with Gasteiger partial charge in [0.05, 0.1) is 17.9 Å². The molecular formula is C11H10ClFN2O4. The first-order valence-electron chi connectivity index (χ1n) is 5.43. The van der Waals surface area contributed by atoms with Crippen LogP contribution in [-0.4, -0.2) is 50.7 Å². The SMILES string of the molecule is O=C(O)[C@@H]1C[C@H](O)CN1C(=O)c1cc(F)cnc1Cl. The summed E-state index contributed by atoms with van der Waals surface area (Å²) in [6.07, 6.45) is -0.140. The van der Waals surface area contributed by atoms with Gasteiger partial charge in [-0.15, -0.1) is 0 Å². The van der Waals surface area contributed by atoms with Crippen LogP contribution in [-0.2, 0) is 4.79 Å². The van der Waals surface area contributed by atoms with Crippen molar-refractivity contribution >= 4 is 23.5 Å². The van der Waals surface area contributed by atoms with Gasteiger partial charge in [0, 0.05) is 13.0 Å². The van der Waals surface area contributed by atoms with Crippen LogP contribution < -0.4 is 0 Å². The Morgan fingerprint density at radius 1 is 1.53 bits per heavy atom. The minimum atomic E-state index is -1.23. The van der Waals surface area contributed by atoms with E-state index < -0.39 is 29.8 Å². The van der Waals surface area contributed by atoms with Crippen LogP contribution in [0.2, 0.25) is 5.15 Å². The number of carbonyl (C=O) groups is 2. The molecule has 1 fully saturated rings. The third-order valence-electron chi connectivity index (χ3n) is 2.86. The maximum absolute atomic E-state index is 13.1. The van der Waals surface area contributed by atoms with Crippen LogP contribution in [0.25, 0.3) is 0 Å². The van der Waals surface area contributed by atoms with Gasteiger partial charge in [0.2, 0.25) is 0 Å².